The SMILES string of the molecule is CCOc1ccc(C)cc1[C](C)CO. The third-order valence-electron chi connectivity index (χ3n) is 2.13. The predicted molar refractivity (Wildman–Crippen MR) is 57.5 cm³/mol. The van der Waals surface area contributed by atoms with Crippen molar-refractivity contribution in [3.05, 3.63) is 35.2 Å². The molecule has 0 aliphatic carbocycles. The van der Waals surface area contributed by atoms with Gasteiger partial charge in [-0.3, -0.25) is 0 Å². The van der Waals surface area contributed by atoms with Crippen LogP contribution in [0.4, 0.5) is 0 Å². The molecule has 1 radical (unpaired) electrons. The molecule has 77 valence electrons. The summed E-state index contributed by atoms with van der Waals surface area (Å²) in [6.45, 7) is 6.62. The number of rotatable bonds is 4. The van der Waals surface area contributed by atoms with E-state index in [2.05, 4.69) is 0 Å². The first-order chi connectivity index (χ1) is 6.69. The molecular formula is C12H17O2. The maximum atomic E-state index is 9.08. The lowest BCUT2D eigenvalue weighted by molar-refractivity contribution is 0.307. The molecule has 2 nitrogen and oxygen atoms in total. The van der Waals surface area contributed by atoms with Gasteiger partial charge < -0.3 is 9.84 Å². The highest BCUT2D eigenvalue weighted by Gasteiger charge is 2.11. The molecule has 0 aromatic heterocycles. The van der Waals surface area contributed by atoms with Crippen LogP contribution in [0, 0.1) is 12.8 Å². The first-order valence-electron chi connectivity index (χ1n) is 4.86. The largest absolute Gasteiger partial charge is 0.494 e. The van der Waals surface area contributed by atoms with Crippen LogP contribution in [0.2, 0.25) is 0 Å². The molecule has 0 aliphatic heterocycles. The molecule has 1 aromatic rings. The maximum absolute atomic E-state index is 9.08. The third kappa shape index (κ3) is 2.48. The van der Waals surface area contributed by atoms with Crippen molar-refractivity contribution in [1.29, 1.82) is 0 Å². The smallest absolute Gasteiger partial charge is 0.123 e. The molecule has 0 spiro atoms. The average Bonchev–Trinajstić information content (AvgIpc) is 2.20. The van der Waals surface area contributed by atoms with Crippen LogP contribution in [0.15, 0.2) is 18.2 Å². The Bertz CT molecular complexity index is 294. The van der Waals surface area contributed by atoms with Gasteiger partial charge in [-0.15, -0.1) is 0 Å². The zero-order chi connectivity index (χ0) is 10.6. The summed E-state index contributed by atoms with van der Waals surface area (Å²) in [6.07, 6.45) is 0. The van der Waals surface area contributed by atoms with E-state index in [9.17, 15) is 0 Å². The number of aliphatic hydroxyl groups is 1. The standard InChI is InChI=1S/C12H17O2/c1-4-14-12-6-5-9(2)7-11(12)10(3)8-13/h5-7,13H,4,8H2,1-3H3. The van der Waals surface area contributed by atoms with Crippen molar-refractivity contribution in [2.75, 3.05) is 13.2 Å². The first-order valence-corrected chi connectivity index (χ1v) is 4.86. The van der Waals surface area contributed by atoms with E-state index in [0.717, 1.165) is 17.2 Å². The minimum atomic E-state index is 0.0729. The van der Waals surface area contributed by atoms with E-state index in [4.69, 9.17) is 9.84 Å². The Morgan fingerprint density at radius 1 is 1.43 bits per heavy atom. The van der Waals surface area contributed by atoms with Crippen molar-refractivity contribution in [3.63, 3.8) is 0 Å². The highest BCUT2D eigenvalue weighted by Crippen LogP contribution is 2.26. The van der Waals surface area contributed by atoms with E-state index >= 15 is 0 Å². The molecule has 0 unspecified atom stereocenters. The van der Waals surface area contributed by atoms with E-state index in [1.165, 1.54) is 5.56 Å². The van der Waals surface area contributed by atoms with Gasteiger partial charge in [-0.2, -0.15) is 0 Å². The number of hydrogen-bond acceptors (Lipinski definition) is 2. The number of hydrogen-bond donors (Lipinski definition) is 1. The monoisotopic (exact) mass is 193 g/mol. The molecule has 0 bridgehead atoms. The summed E-state index contributed by atoms with van der Waals surface area (Å²) in [4.78, 5) is 0. The van der Waals surface area contributed by atoms with Gasteiger partial charge in [0.25, 0.3) is 0 Å². The van der Waals surface area contributed by atoms with Crippen LogP contribution in [0.5, 0.6) is 5.75 Å². The lowest BCUT2D eigenvalue weighted by Crippen LogP contribution is -2.04. The molecule has 0 heterocycles. The van der Waals surface area contributed by atoms with Crippen molar-refractivity contribution in [2.45, 2.75) is 20.8 Å². The highest BCUT2D eigenvalue weighted by molar-refractivity contribution is 5.45. The fraction of sp³-hybridized carbons (Fsp3) is 0.417. The second kappa shape index (κ2) is 5.01. The molecule has 0 fully saturated rings. The van der Waals surface area contributed by atoms with Gasteiger partial charge in [0.15, 0.2) is 0 Å². The van der Waals surface area contributed by atoms with Crippen molar-refractivity contribution in [1.82, 2.24) is 0 Å². The lowest BCUT2D eigenvalue weighted by Gasteiger charge is -2.14. The first kappa shape index (κ1) is 11.1. The van der Waals surface area contributed by atoms with Crippen LogP contribution in [-0.4, -0.2) is 18.3 Å². The van der Waals surface area contributed by atoms with Gasteiger partial charge in [-0.05, 0) is 19.9 Å². The molecule has 1 rings (SSSR count). The van der Waals surface area contributed by atoms with E-state index in [1.807, 2.05) is 39.0 Å². The van der Waals surface area contributed by atoms with E-state index in [0.29, 0.717) is 6.61 Å². The number of benzene rings is 1. The Morgan fingerprint density at radius 3 is 2.71 bits per heavy atom. The summed E-state index contributed by atoms with van der Waals surface area (Å²) in [5.41, 5.74) is 2.19. The molecule has 0 atom stereocenters. The van der Waals surface area contributed by atoms with Crippen LogP contribution in [0.1, 0.15) is 25.0 Å². The molecule has 2 heteroatoms. The Morgan fingerprint density at radius 2 is 2.14 bits per heavy atom. The van der Waals surface area contributed by atoms with Crippen molar-refractivity contribution >= 4 is 0 Å². The quantitative estimate of drug-likeness (QED) is 0.795. The second-order valence-electron chi connectivity index (χ2n) is 3.37. The summed E-state index contributed by atoms with van der Waals surface area (Å²) < 4.78 is 5.48. The van der Waals surface area contributed by atoms with E-state index in [-0.39, 0.29) is 6.61 Å². The van der Waals surface area contributed by atoms with Gasteiger partial charge in [0.2, 0.25) is 0 Å². The van der Waals surface area contributed by atoms with Crippen LogP contribution < -0.4 is 4.74 Å². The van der Waals surface area contributed by atoms with Gasteiger partial charge >= 0.3 is 0 Å². The Kier molecular flexibility index (Phi) is 3.96. The normalized spacial score (nSPS) is 10.6. The van der Waals surface area contributed by atoms with Crippen LogP contribution >= 0.6 is 0 Å². The molecule has 0 saturated heterocycles. The zero-order valence-corrected chi connectivity index (χ0v) is 9.00. The summed E-state index contributed by atoms with van der Waals surface area (Å²) in [7, 11) is 0. The topological polar surface area (TPSA) is 29.5 Å². The van der Waals surface area contributed by atoms with Crippen molar-refractivity contribution in [3.8, 4) is 5.75 Å². The van der Waals surface area contributed by atoms with Crippen LogP contribution in [-0.2, 0) is 0 Å². The molecule has 14 heavy (non-hydrogen) atoms. The lowest BCUT2D eigenvalue weighted by atomic mass is 9.99. The summed E-state index contributed by atoms with van der Waals surface area (Å²) in [5, 5.41) is 9.08. The molecule has 0 aliphatic rings. The van der Waals surface area contributed by atoms with Crippen LogP contribution in [0.25, 0.3) is 0 Å². The maximum Gasteiger partial charge on any atom is 0.123 e. The second-order valence-corrected chi connectivity index (χ2v) is 3.37. The van der Waals surface area contributed by atoms with Gasteiger partial charge in [-0.25, -0.2) is 0 Å². The fourth-order valence-electron chi connectivity index (χ4n) is 1.34. The van der Waals surface area contributed by atoms with Gasteiger partial charge in [-0.1, -0.05) is 24.6 Å². The molecular weight excluding hydrogens is 176 g/mol. The van der Waals surface area contributed by atoms with E-state index < -0.39 is 0 Å². The molecule has 0 saturated carbocycles. The molecule has 0 amide bonds. The fourth-order valence-corrected chi connectivity index (χ4v) is 1.34. The van der Waals surface area contributed by atoms with E-state index in [1.54, 1.807) is 0 Å². The Labute approximate surface area is 85.5 Å². The molecule has 1 aromatic carbocycles. The van der Waals surface area contributed by atoms with Gasteiger partial charge in [0.1, 0.15) is 5.75 Å². The van der Waals surface area contributed by atoms with Crippen molar-refractivity contribution < 1.29 is 9.84 Å². The number of ether oxygens (including phenoxy) is 1. The average molecular weight is 193 g/mol. The summed E-state index contributed by atoms with van der Waals surface area (Å²) in [6, 6.07) is 6.00. The van der Waals surface area contributed by atoms with Crippen LogP contribution in [0.3, 0.4) is 0 Å². The number of aryl methyl sites for hydroxylation is 1. The van der Waals surface area contributed by atoms with Crippen molar-refractivity contribution in [2.24, 2.45) is 0 Å². The minimum absolute atomic E-state index is 0.0729. The van der Waals surface area contributed by atoms with Gasteiger partial charge in [0.05, 0.1) is 13.2 Å². The minimum Gasteiger partial charge on any atom is -0.494 e. The third-order valence-corrected chi connectivity index (χ3v) is 2.13. The number of aliphatic hydroxyl groups excluding tert-OH is 1. The Balaban J connectivity index is 3.02. The predicted octanol–water partition coefficient (Wildman–Crippen LogP) is 2.33. The van der Waals surface area contributed by atoms with Gasteiger partial charge in [0, 0.05) is 11.5 Å². The zero-order valence-electron chi connectivity index (χ0n) is 9.00. The Hall–Kier alpha value is -1.02. The molecule has 1 N–H and O–H groups in total. The summed E-state index contributed by atoms with van der Waals surface area (Å²) >= 11 is 0. The highest BCUT2D eigenvalue weighted by atomic mass is 16.5. The summed E-state index contributed by atoms with van der Waals surface area (Å²) in [5.74, 6) is 1.79.